The van der Waals surface area contributed by atoms with E-state index in [-0.39, 0.29) is 0 Å². The Balaban J connectivity index is 2.07. The lowest BCUT2D eigenvalue weighted by molar-refractivity contribution is 0.214. The number of rotatable bonds is 2. The Morgan fingerprint density at radius 3 is 2.63 bits per heavy atom. The Labute approximate surface area is 111 Å². The van der Waals surface area contributed by atoms with Crippen LogP contribution in [-0.2, 0) is 0 Å². The predicted molar refractivity (Wildman–Crippen MR) is 74.8 cm³/mol. The number of aliphatic hydroxyl groups excluding tert-OH is 1. The number of benzene rings is 1. The highest BCUT2D eigenvalue weighted by molar-refractivity contribution is 5.79. The topological polar surface area (TPSA) is 46.0 Å². The quantitative estimate of drug-likeness (QED) is 0.760. The van der Waals surface area contributed by atoms with E-state index in [1.54, 1.807) is 12.4 Å². The van der Waals surface area contributed by atoms with Crippen molar-refractivity contribution in [2.75, 3.05) is 0 Å². The fraction of sp³-hybridized carbons (Fsp3) is 0.125. The summed E-state index contributed by atoms with van der Waals surface area (Å²) in [7, 11) is 0. The summed E-state index contributed by atoms with van der Waals surface area (Å²) in [5, 5.41) is 11.5. The van der Waals surface area contributed by atoms with E-state index in [1.807, 2.05) is 49.4 Å². The molecule has 3 rings (SSSR count). The van der Waals surface area contributed by atoms with Gasteiger partial charge in [0.1, 0.15) is 6.10 Å². The molecule has 0 bridgehead atoms. The number of aryl methyl sites for hydroxylation is 1. The van der Waals surface area contributed by atoms with Gasteiger partial charge < -0.3 is 5.11 Å². The standard InChI is InChI=1S/C16H14N2O/c1-11-4-2-9-18-15(11)16(19)13-7-6-12-5-3-8-17-14(12)10-13/h2-10,16,19H,1H3. The van der Waals surface area contributed by atoms with Crippen LogP contribution in [0, 0.1) is 6.92 Å². The summed E-state index contributed by atoms with van der Waals surface area (Å²) >= 11 is 0. The maximum Gasteiger partial charge on any atom is 0.121 e. The fourth-order valence-corrected chi connectivity index (χ4v) is 2.20. The van der Waals surface area contributed by atoms with Crippen LogP contribution in [0.4, 0.5) is 0 Å². The zero-order valence-corrected chi connectivity index (χ0v) is 10.6. The number of pyridine rings is 2. The van der Waals surface area contributed by atoms with Crippen molar-refractivity contribution in [3.05, 3.63) is 71.7 Å². The molecule has 0 saturated carbocycles. The number of nitrogens with zero attached hydrogens (tertiary/aromatic N) is 2. The Kier molecular flexibility index (Phi) is 2.97. The van der Waals surface area contributed by atoms with E-state index in [0.29, 0.717) is 5.69 Å². The van der Waals surface area contributed by atoms with Crippen LogP contribution in [0.25, 0.3) is 10.9 Å². The summed E-state index contributed by atoms with van der Waals surface area (Å²) in [6.07, 6.45) is 2.74. The molecule has 0 amide bonds. The van der Waals surface area contributed by atoms with Crippen molar-refractivity contribution >= 4 is 10.9 Å². The molecular formula is C16H14N2O. The maximum atomic E-state index is 10.4. The predicted octanol–water partition coefficient (Wildman–Crippen LogP) is 3.02. The van der Waals surface area contributed by atoms with Gasteiger partial charge in [0.2, 0.25) is 0 Å². The summed E-state index contributed by atoms with van der Waals surface area (Å²) in [6, 6.07) is 13.5. The van der Waals surface area contributed by atoms with Gasteiger partial charge in [-0.2, -0.15) is 0 Å². The third kappa shape index (κ3) is 2.20. The highest BCUT2D eigenvalue weighted by Gasteiger charge is 2.14. The van der Waals surface area contributed by atoms with E-state index in [0.717, 1.165) is 22.0 Å². The maximum absolute atomic E-state index is 10.4. The molecule has 1 N–H and O–H groups in total. The molecule has 1 aromatic carbocycles. The molecule has 1 atom stereocenters. The van der Waals surface area contributed by atoms with E-state index < -0.39 is 6.10 Å². The average Bonchev–Trinajstić information content (AvgIpc) is 2.46. The molecule has 19 heavy (non-hydrogen) atoms. The average molecular weight is 250 g/mol. The molecule has 0 saturated heterocycles. The Morgan fingerprint density at radius 1 is 1.00 bits per heavy atom. The molecule has 3 heteroatoms. The van der Waals surface area contributed by atoms with E-state index in [4.69, 9.17) is 0 Å². The lowest BCUT2D eigenvalue weighted by atomic mass is 10.0. The van der Waals surface area contributed by atoms with Gasteiger partial charge in [-0.05, 0) is 36.2 Å². The normalized spacial score (nSPS) is 12.5. The fourth-order valence-electron chi connectivity index (χ4n) is 2.20. The van der Waals surface area contributed by atoms with Crippen molar-refractivity contribution in [1.29, 1.82) is 0 Å². The minimum atomic E-state index is -0.715. The Morgan fingerprint density at radius 2 is 1.79 bits per heavy atom. The van der Waals surface area contributed by atoms with Gasteiger partial charge in [0.25, 0.3) is 0 Å². The molecule has 1 unspecified atom stereocenters. The minimum absolute atomic E-state index is 0.692. The van der Waals surface area contributed by atoms with Crippen molar-refractivity contribution in [3.8, 4) is 0 Å². The summed E-state index contributed by atoms with van der Waals surface area (Å²) < 4.78 is 0. The SMILES string of the molecule is Cc1cccnc1C(O)c1ccc2cccnc2c1. The van der Waals surface area contributed by atoms with Gasteiger partial charge >= 0.3 is 0 Å². The molecule has 0 aliphatic heterocycles. The molecule has 94 valence electrons. The first-order valence-electron chi connectivity index (χ1n) is 6.20. The molecular weight excluding hydrogens is 236 g/mol. The van der Waals surface area contributed by atoms with Crippen LogP contribution in [0.2, 0.25) is 0 Å². The van der Waals surface area contributed by atoms with Crippen LogP contribution in [0.5, 0.6) is 0 Å². The van der Waals surface area contributed by atoms with E-state index in [2.05, 4.69) is 9.97 Å². The van der Waals surface area contributed by atoms with E-state index in [9.17, 15) is 5.11 Å². The Hall–Kier alpha value is -2.26. The molecule has 2 heterocycles. The second kappa shape index (κ2) is 4.78. The molecule has 0 fully saturated rings. The van der Waals surface area contributed by atoms with Crippen LogP contribution in [0.1, 0.15) is 22.9 Å². The lowest BCUT2D eigenvalue weighted by Gasteiger charge is -2.13. The largest absolute Gasteiger partial charge is 0.382 e. The van der Waals surface area contributed by atoms with Crippen LogP contribution in [0.15, 0.2) is 54.9 Å². The third-order valence-corrected chi connectivity index (χ3v) is 3.25. The zero-order chi connectivity index (χ0) is 13.2. The smallest absolute Gasteiger partial charge is 0.121 e. The number of hydrogen-bond donors (Lipinski definition) is 1. The number of aliphatic hydroxyl groups is 1. The summed E-state index contributed by atoms with van der Waals surface area (Å²) in [5.41, 5.74) is 3.37. The van der Waals surface area contributed by atoms with Gasteiger partial charge in [-0.3, -0.25) is 9.97 Å². The molecule has 3 aromatic rings. The molecule has 0 aliphatic carbocycles. The molecule has 0 radical (unpaired) electrons. The van der Waals surface area contributed by atoms with Gasteiger partial charge in [0, 0.05) is 17.8 Å². The minimum Gasteiger partial charge on any atom is -0.382 e. The van der Waals surface area contributed by atoms with Crippen LogP contribution in [-0.4, -0.2) is 15.1 Å². The van der Waals surface area contributed by atoms with Crippen LogP contribution < -0.4 is 0 Å². The summed E-state index contributed by atoms with van der Waals surface area (Å²) in [4.78, 5) is 8.57. The van der Waals surface area contributed by atoms with Crippen molar-refractivity contribution in [3.63, 3.8) is 0 Å². The summed E-state index contributed by atoms with van der Waals surface area (Å²) in [6.45, 7) is 1.95. The second-order valence-corrected chi connectivity index (χ2v) is 4.56. The summed E-state index contributed by atoms with van der Waals surface area (Å²) in [5.74, 6) is 0. The van der Waals surface area contributed by atoms with Crippen molar-refractivity contribution in [2.24, 2.45) is 0 Å². The third-order valence-electron chi connectivity index (χ3n) is 3.25. The first-order valence-corrected chi connectivity index (χ1v) is 6.20. The van der Waals surface area contributed by atoms with Crippen molar-refractivity contribution in [1.82, 2.24) is 9.97 Å². The molecule has 0 spiro atoms. The van der Waals surface area contributed by atoms with Gasteiger partial charge in [-0.25, -0.2) is 0 Å². The number of hydrogen-bond acceptors (Lipinski definition) is 3. The Bertz CT molecular complexity index is 725. The molecule has 2 aromatic heterocycles. The zero-order valence-electron chi connectivity index (χ0n) is 10.6. The van der Waals surface area contributed by atoms with Gasteiger partial charge in [-0.15, -0.1) is 0 Å². The van der Waals surface area contributed by atoms with Crippen LogP contribution in [0.3, 0.4) is 0 Å². The first kappa shape index (κ1) is 11.8. The van der Waals surface area contributed by atoms with Gasteiger partial charge in [0.05, 0.1) is 11.2 Å². The molecule has 3 nitrogen and oxygen atoms in total. The van der Waals surface area contributed by atoms with Gasteiger partial charge in [-0.1, -0.05) is 24.3 Å². The van der Waals surface area contributed by atoms with Crippen molar-refractivity contribution in [2.45, 2.75) is 13.0 Å². The highest BCUT2D eigenvalue weighted by Crippen LogP contribution is 2.25. The second-order valence-electron chi connectivity index (χ2n) is 4.56. The van der Waals surface area contributed by atoms with Crippen molar-refractivity contribution < 1.29 is 5.11 Å². The number of fused-ring (bicyclic) bond motifs is 1. The number of aromatic nitrogens is 2. The van der Waals surface area contributed by atoms with E-state index >= 15 is 0 Å². The monoisotopic (exact) mass is 250 g/mol. The van der Waals surface area contributed by atoms with Gasteiger partial charge in [0.15, 0.2) is 0 Å². The van der Waals surface area contributed by atoms with E-state index in [1.165, 1.54) is 0 Å². The first-order chi connectivity index (χ1) is 9.25. The van der Waals surface area contributed by atoms with Crippen LogP contribution >= 0.6 is 0 Å². The highest BCUT2D eigenvalue weighted by atomic mass is 16.3. The lowest BCUT2D eigenvalue weighted by Crippen LogP contribution is -2.04. The molecule has 0 aliphatic rings.